The van der Waals surface area contributed by atoms with Gasteiger partial charge in [0.25, 0.3) is 0 Å². The molecule has 0 aliphatic heterocycles. The van der Waals surface area contributed by atoms with E-state index in [1.165, 1.54) is 6.08 Å². The van der Waals surface area contributed by atoms with Crippen molar-refractivity contribution >= 4 is 16.9 Å². The SMILES string of the molecule is C=CC(=O)NCc1c(C)ccc2nn(O)nc12. The van der Waals surface area contributed by atoms with Crippen molar-refractivity contribution in [1.29, 1.82) is 0 Å². The molecule has 6 nitrogen and oxygen atoms in total. The standard InChI is InChI=1S/C11H12N4O2/c1-3-10(16)12-6-8-7(2)4-5-9-11(8)14-15(17)13-9/h3-5,17H,1,6H2,2H3,(H,12,16). The molecular weight excluding hydrogens is 220 g/mol. The van der Waals surface area contributed by atoms with Crippen LogP contribution in [0.5, 0.6) is 0 Å². The molecule has 88 valence electrons. The third kappa shape index (κ3) is 2.10. The number of hydrogen-bond donors (Lipinski definition) is 2. The smallest absolute Gasteiger partial charge is 0.243 e. The molecule has 0 unspecified atom stereocenters. The van der Waals surface area contributed by atoms with E-state index in [1.54, 1.807) is 6.07 Å². The number of hydrogen-bond acceptors (Lipinski definition) is 4. The van der Waals surface area contributed by atoms with Crippen molar-refractivity contribution in [2.45, 2.75) is 13.5 Å². The minimum absolute atomic E-state index is 0.252. The molecule has 1 aromatic heterocycles. The number of fused-ring (bicyclic) bond motifs is 1. The van der Waals surface area contributed by atoms with Crippen molar-refractivity contribution in [3.8, 4) is 0 Å². The van der Waals surface area contributed by atoms with Crippen LogP contribution >= 0.6 is 0 Å². The molecule has 1 aromatic carbocycles. The molecule has 0 atom stereocenters. The Labute approximate surface area is 97.5 Å². The van der Waals surface area contributed by atoms with Gasteiger partial charge in [-0.1, -0.05) is 12.6 Å². The van der Waals surface area contributed by atoms with Crippen molar-refractivity contribution in [1.82, 2.24) is 20.5 Å². The summed E-state index contributed by atoms with van der Waals surface area (Å²) in [4.78, 5) is 11.6. The molecule has 0 bridgehead atoms. The summed E-state index contributed by atoms with van der Waals surface area (Å²) < 4.78 is 0. The highest BCUT2D eigenvalue weighted by molar-refractivity contribution is 5.87. The predicted molar refractivity (Wildman–Crippen MR) is 61.5 cm³/mol. The third-order valence-electron chi connectivity index (χ3n) is 2.51. The third-order valence-corrected chi connectivity index (χ3v) is 2.51. The number of aromatic nitrogens is 3. The quantitative estimate of drug-likeness (QED) is 0.605. The van der Waals surface area contributed by atoms with Crippen LogP contribution < -0.4 is 5.32 Å². The Bertz CT molecular complexity index is 588. The highest BCUT2D eigenvalue weighted by Gasteiger charge is 2.10. The van der Waals surface area contributed by atoms with E-state index in [2.05, 4.69) is 22.1 Å². The molecule has 2 rings (SSSR count). The summed E-state index contributed by atoms with van der Waals surface area (Å²) in [5, 5.41) is 19.5. The highest BCUT2D eigenvalue weighted by Crippen LogP contribution is 2.18. The zero-order chi connectivity index (χ0) is 12.4. The molecule has 17 heavy (non-hydrogen) atoms. The van der Waals surface area contributed by atoms with Crippen LogP contribution in [0.2, 0.25) is 0 Å². The lowest BCUT2D eigenvalue weighted by Crippen LogP contribution is -2.20. The second kappa shape index (κ2) is 4.25. The van der Waals surface area contributed by atoms with Crippen molar-refractivity contribution in [2.75, 3.05) is 0 Å². The van der Waals surface area contributed by atoms with Crippen LogP contribution in [0.3, 0.4) is 0 Å². The number of rotatable bonds is 3. The number of nitrogens with zero attached hydrogens (tertiary/aromatic N) is 3. The fourth-order valence-electron chi connectivity index (χ4n) is 1.60. The molecule has 2 aromatic rings. The molecule has 0 fully saturated rings. The Hall–Kier alpha value is -2.37. The fraction of sp³-hybridized carbons (Fsp3) is 0.182. The predicted octanol–water partition coefficient (Wildman–Crippen LogP) is 0.779. The second-order valence-electron chi connectivity index (χ2n) is 3.62. The maximum absolute atomic E-state index is 11.1. The molecule has 0 saturated carbocycles. The summed E-state index contributed by atoms with van der Waals surface area (Å²) in [7, 11) is 0. The van der Waals surface area contributed by atoms with Crippen LogP contribution in [0.4, 0.5) is 0 Å². The maximum Gasteiger partial charge on any atom is 0.243 e. The van der Waals surface area contributed by atoms with Gasteiger partial charge in [-0.05, 0) is 29.6 Å². The van der Waals surface area contributed by atoms with Crippen LogP contribution in [0.1, 0.15) is 11.1 Å². The Morgan fingerprint density at radius 1 is 1.59 bits per heavy atom. The molecule has 0 aliphatic rings. The van der Waals surface area contributed by atoms with E-state index in [0.717, 1.165) is 11.1 Å². The maximum atomic E-state index is 11.1. The number of nitrogens with one attached hydrogen (secondary N) is 1. The Morgan fingerprint density at radius 2 is 2.35 bits per heavy atom. The fourth-order valence-corrected chi connectivity index (χ4v) is 1.60. The van der Waals surface area contributed by atoms with Crippen LogP contribution in [0.25, 0.3) is 11.0 Å². The van der Waals surface area contributed by atoms with Gasteiger partial charge in [0.05, 0.1) is 0 Å². The first kappa shape index (κ1) is 11.1. The van der Waals surface area contributed by atoms with Crippen molar-refractivity contribution < 1.29 is 10.0 Å². The summed E-state index contributed by atoms with van der Waals surface area (Å²) >= 11 is 0. The second-order valence-corrected chi connectivity index (χ2v) is 3.62. The summed E-state index contributed by atoms with van der Waals surface area (Å²) in [5.41, 5.74) is 2.97. The summed E-state index contributed by atoms with van der Waals surface area (Å²) in [6.07, 6.45) is 1.21. The number of benzene rings is 1. The van der Waals surface area contributed by atoms with Crippen LogP contribution in [0.15, 0.2) is 24.8 Å². The van der Waals surface area contributed by atoms with Gasteiger partial charge >= 0.3 is 0 Å². The zero-order valence-electron chi connectivity index (χ0n) is 9.34. The van der Waals surface area contributed by atoms with Gasteiger partial charge in [-0.15, -0.1) is 10.2 Å². The topological polar surface area (TPSA) is 80.0 Å². The van der Waals surface area contributed by atoms with Gasteiger partial charge in [-0.2, -0.15) is 0 Å². The minimum atomic E-state index is -0.252. The van der Waals surface area contributed by atoms with Gasteiger partial charge in [-0.3, -0.25) is 4.79 Å². The van der Waals surface area contributed by atoms with Gasteiger partial charge in [0.2, 0.25) is 5.91 Å². The minimum Gasteiger partial charge on any atom is -0.396 e. The Morgan fingerprint density at radius 3 is 3.06 bits per heavy atom. The number of aryl methyl sites for hydroxylation is 1. The van der Waals surface area contributed by atoms with Crippen molar-refractivity contribution in [3.63, 3.8) is 0 Å². The molecule has 0 spiro atoms. The van der Waals surface area contributed by atoms with Gasteiger partial charge in [0, 0.05) is 12.1 Å². The normalized spacial score (nSPS) is 10.4. The van der Waals surface area contributed by atoms with E-state index in [4.69, 9.17) is 0 Å². The molecule has 6 heteroatoms. The lowest BCUT2D eigenvalue weighted by molar-refractivity contribution is -0.116. The molecule has 2 N–H and O–H groups in total. The molecule has 1 amide bonds. The Balaban J connectivity index is 2.40. The average Bonchev–Trinajstić information content (AvgIpc) is 2.68. The monoisotopic (exact) mass is 232 g/mol. The average molecular weight is 232 g/mol. The summed E-state index contributed by atoms with van der Waals surface area (Å²) in [6.45, 7) is 5.61. The first-order chi connectivity index (χ1) is 8.11. The first-order valence-corrected chi connectivity index (χ1v) is 5.07. The van der Waals surface area contributed by atoms with E-state index in [9.17, 15) is 10.0 Å². The summed E-state index contributed by atoms with van der Waals surface area (Å²) in [6, 6.07) is 3.63. The lowest BCUT2D eigenvalue weighted by Gasteiger charge is -2.06. The van der Waals surface area contributed by atoms with E-state index in [0.29, 0.717) is 22.5 Å². The van der Waals surface area contributed by atoms with Gasteiger partial charge in [0.1, 0.15) is 11.0 Å². The molecule has 0 radical (unpaired) electrons. The zero-order valence-corrected chi connectivity index (χ0v) is 9.34. The first-order valence-electron chi connectivity index (χ1n) is 5.07. The Kier molecular flexibility index (Phi) is 2.78. The molecule has 1 heterocycles. The van der Waals surface area contributed by atoms with E-state index < -0.39 is 0 Å². The van der Waals surface area contributed by atoms with Gasteiger partial charge in [0.15, 0.2) is 0 Å². The molecule has 0 saturated heterocycles. The number of carbonyl (C=O) groups excluding carboxylic acids is 1. The number of carbonyl (C=O) groups is 1. The summed E-state index contributed by atoms with van der Waals surface area (Å²) in [5.74, 6) is -0.252. The molecule has 0 aliphatic carbocycles. The van der Waals surface area contributed by atoms with E-state index in [1.807, 2.05) is 13.0 Å². The largest absolute Gasteiger partial charge is 0.396 e. The van der Waals surface area contributed by atoms with E-state index in [-0.39, 0.29) is 5.91 Å². The van der Waals surface area contributed by atoms with Crippen LogP contribution in [-0.2, 0) is 11.3 Å². The van der Waals surface area contributed by atoms with Crippen LogP contribution in [-0.4, -0.2) is 26.3 Å². The highest BCUT2D eigenvalue weighted by atomic mass is 16.5. The lowest BCUT2D eigenvalue weighted by atomic mass is 10.1. The van der Waals surface area contributed by atoms with Crippen LogP contribution in [0, 0.1) is 6.92 Å². The van der Waals surface area contributed by atoms with E-state index >= 15 is 0 Å². The number of amides is 1. The molecular formula is C11H12N4O2. The van der Waals surface area contributed by atoms with Gasteiger partial charge < -0.3 is 10.5 Å². The van der Waals surface area contributed by atoms with Crippen molar-refractivity contribution in [2.24, 2.45) is 0 Å². The van der Waals surface area contributed by atoms with Crippen molar-refractivity contribution in [3.05, 3.63) is 35.9 Å². The van der Waals surface area contributed by atoms with Gasteiger partial charge in [-0.25, -0.2) is 0 Å².